The Labute approximate surface area is 170 Å². The Balaban J connectivity index is 2.28. The van der Waals surface area contributed by atoms with E-state index in [1.165, 1.54) is 12.1 Å². The van der Waals surface area contributed by atoms with Crippen molar-refractivity contribution in [1.82, 2.24) is 9.78 Å². The van der Waals surface area contributed by atoms with E-state index in [2.05, 4.69) is 5.10 Å². The summed E-state index contributed by atoms with van der Waals surface area (Å²) in [5.74, 6) is -0.299. The molecule has 3 aromatic rings. The van der Waals surface area contributed by atoms with Gasteiger partial charge in [-0.1, -0.05) is 23.7 Å². The molecule has 2 N–H and O–H groups in total. The molecule has 3 rings (SSSR count). The molecule has 2 atom stereocenters. The third-order valence-corrected chi connectivity index (χ3v) is 5.22. The molecule has 0 bridgehead atoms. The van der Waals surface area contributed by atoms with Crippen molar-refractivity contribution in [2.75, 3.05) is 6.61 Å². The minimum absolute atomic E-state index is 0.191. The van der Waals surface area contributed by atoms with Crippen LogP contribution in [-0.4, -0.2) is 16.4 Å². The normalized spacial score (nSPS) is 13.5. The summed E-state index contributed by atoms with van der Waals surface area (Å²) in [7, 11) is 0. The van der Waals surface area contributed by atoms with E-state index in [0.29, 0.717) is 11.6 Å². The van der Waals surface area contributed by atoms with Crippen molar-refractivity contribution in [3.05, 3.63) is 64.7 Å². The van der Waals surface area contributed by atoms with Crippen LogP contribution < -0.4 is 5.73 Å². The molecule has 0 aliphatic carbocycles. The summed E-state index contributed by atoms with van der Waals surface area (Å²) >= 11 is 6.54. The van der Waals surface area contributed by atoms with Gasteiger partial charge in [-0.15, -0.1) is 0 Å². The Morgan fingerprint density at radius 3 is 2.61 bits per heavy atom. The van der Waals surface area contributed by atoms with Gasteiger partial charge < -0.3 is 10.5 Å². The summed E-state index contributed by atoms with van der Waals surface area (Å²) in [5.41, 5.74) is 11.4. The number of aromatic nitrogens is 2. The van der Waals surface area contributed by atoms with Gasteiger partial charge in [-0.25, -0.2) is 9.07 Å². The molecule has 2 aromatic carbocycles. The van der Waals surface area contributed by atoms with E-state index in [9.17, 15) is 4.39 Å². The number of nitrogens with zero attached hydrogens (tertiary/aromatic N) is 2. The second kappa shape index (κ2) is 8.43. The highest BCUT2D eigenvalue weighted by atomic mass is 35.5. The molecule has 1 heterocycles. The van der Waals surface area contributed by atoms with Crippen LogP contribution in [0.1, 0.15) is 44.2 Å². The first-order valence-corrected chi connectivity index (χ1v) is 9.71. The third-order valence-electron chi connectivity index (χ3n) is 4.83. The monoisotopic (exact) mass is 401 g/mol. The lowest BCUT2D eigenvalue weighted by Crippen LogP contribution is -2.09. The number of ether oxygens (including phenoxy) is 1. The van der Waals surface area contributed by atoms with Crippen LogP contribution >= 0.6 is 11.6 Å². The van der Waals surface area contributed by atoms with Crippen LogP contribution in [0.5, 0.6) is 0 Å². The van der Waals surface area contributed by atoms with Gasteiger partial charge in [0.2, 0.25) is 0 Å². The van der Waals surface area contributed by atoms with Crippen molar-refractivity contribution in [2.24, 2.45) is 5.73 Å². The average molecular weight is 402 g/mol. The number of nitrogens with two attached hydrogens (primary N) is 1. The highest BCUT2D eigenvalue weighted by Gasteiger charge is 2.21. The van der Waals surface area contributed by atoms with E-state index in [1.54, 1.807) is 16.9 Å². The summed E-state index contributed by atoms with van der Waals surface area (Å²) in [6, 6.07) is 8.13. The molecule has 0 aliphatic heterocycles. The minimum atomic E-state index is -0.299. The maximum Gasteiger partial charge on any atom is 0.147 e. The molecule has 0 aliphatic rings. The highest BCUT2D eigenvalue weighted by molar-refractivity contribution is 6.32. The summed E-state index contributed by atoms with van der Waals surface area (Å²) in [4.78, 5) is 0. The number of benzene rings is 2. The van der Waals surface area contributed by atoms with Gasteiger partial charge in [0.05, 0.1) is 6.20 Å². The van der Waals surface area contributed by atoms with Crippen LogP contribution in [0.4, 0.5) is 4.39 Å². The van der Waals surface area contributed by atoms with Crippen LogP contribution in [0, 0.1) is 12.7 Å². The lowest BCUT2D eigenvalue weighted by atomic mass is 9.86. The average Bonchev–Trinajstić information content (AvgIpc) is 3.13. The van der Waals surface area contributed by atoms with Gasteiger partial charge >= 0.3 is 0 Å². The quantitative estimate of drug-likeness (QED) is 0.560. The zero-order chi connectivity index (χ0) is 20.4. The first-order valence-electron chi connectivity index (χ1n) is 9.34. The zero-order valence-electron chi connectivity index (χ0n) is 16.5. The molecule has 0 fully saturated rings. The lowest BCUT2D eigenvalue weighted by Gasteiger charge is -2.21. The van der Waals surface area contributed by atoms with Crippen LogP contribution in [0.2, 0.25) is 5.02 Å². The van der Waals surface area contributed by atoms with E-state index in [0.717, 1.165) is 33.4 Å². The van der Waals surface area contributed by atoms with Gasteiger partial charge in [0, 0.05) is 29.4 Å². The molecule has 0 saturated heterocycles. The van der Waals surface area contributed by atoms with Gasteiger partial charge in [-0.05, 0) is 73.7 Å². The van der Waals surface area contributed by atoms with E-state index in [4.69, 9.17) is 22.1 Å². The summed E-state index contributed by atoms with van der Waals surface area (Å²) in [6.07, 6.45) is 3.51. The maximum absolute atomic E-state index is 14.0. The third kappa shape index (κ3) is 3.97. The van der Waals surface area contributed by atoms with E-state index < -0.39 is 0 Å². The van der Waals surface area contributed by atoms with E-state index in [1.807, 2.05) is 46.0 Å². The van der Waals surface area contributed by atoms with E-state index in [-0.39, 0.29) is 18.1 Å². The lowest BCUT2D eigenvalue weighted by molar-refractivity contribution is 0.0160. The van der Waals surface area contributed by atoms with Gasteiger partial charge in [0.15, 0.2) is 0 Å². The van der Waals surface area contributed by atoms with Gasteiger partial charge in [-0.2, -0.15) is 5.10 Å². The molecule has 148 valence electrons. The van der Waals surface area contributed by atoms with Crippen LogP contribution in [0.3, 0.4) is 0 Å². The Morgan fingerprint density at radius 1 is 1.21 bits per heavy atom. The van der Waals surface area contributed by atoms with Gasteiger partial charge in [0.1, 0.15) is 12.0 Å². The fourth-order valence-electron chi connectivity index (χ4n) is 3.43. The molecule has 0 radical (unpaired) electrons. The number of halogens is 2. The summed E-state index contributed by atoms with van der Waals surface area (Å²) < 4.78 is 21.4. The maximum atomic E-state index is 14.0. The second-order valence-corrected chi connectivity index (χ2v) is 7.29. The molecule has 0 amide bonds. The zero-order valence-corrected chi connectivity index (χ0v) is 17.3. The van der Waals surface area contributed by atoms with Gasteiger partial charge in [0.25, 0.3) is 0 Å². The molecule has 28 heavy (non-hydrogen) atoms. The second-order valence-electron chi connectivity index (χ2n) is 6.89. The van der Waals surface area contributed by atoms with Crippen LogP contribution in [-0.2, 0) is 4.74 Å². The Hall–Kier alpha value is -2.21. The highest BCUT2D eigenvalue weighted by Crippen LogP contribution is 2.42. The van der Waals surface area contributed by atoms with Crippen molar-refractivity contribution in [2.45, 2.75) is 40.0 Å². The minimum Gasteiger partial charge on any atom is -0.357 e. The van der Waals surface area contributed by atoms with Crippen LogP contribution in [0.15, 0.2) is 42.7 Å². The SMILES string of the molecule is CCOC(C)n1cc(-c2c(C)c(Cl)cc(C(C)N)c2-c2cccc(F)c2)cn1. The fraction of sp³-hybridized carbons (Fsp3) is 0.318. The molecule has 4 nitrogen and oxygen atoms in total. The molecule has 6 heteroatoms. The van der Waals surface area contributed by atoms with Gasteiger partial charge in [-0.3, -0.25) is 0 Å². The van der Waals surface area contributed by atoms with Crippen molar-refractivity contribution in [3.8, 4) is 22.3 Å². The predicted molar refractivity (Wildman–Crippen MR) is 112 cm³/mol. The predicted octanol–water partition coefficient (Wildman–Crippen LogP) is 5.89. The molecule has 0 saturated carbocycles. The van der Waals surface area contributed by atoms with Crippen molar-refractivity contribution in [1.29, 1.82) is 0 Å². The van der Waals surface area contributed by atoms with Crippen molar-refractivity contribution >= 4 is 11.6 Å². The largest absolute Gasteiger partial charge is 0.357 e. The Kier molecular flexibility index (Phi) is 6.18. The van der Waals surface area contributed by atoms with Crippen LogP contribution in [0.25, 0.3) is 22.3 Å². The molecular formula is C22H25ClFN3O. The molecular weight excluding hydrogens is 377 g/mol. The Morgan fingerprint density at radius 2 is 1.96 bits per heavy atom. The standard InChI is InChI=1S/C22H25ClFN3O/c1-5-28-15(4)27-12-17(11-26-27)21-13(2)20(23)10-19(14(3)25)22(21)16-7-6-8-18(24)9-16/h6-12,14-15H,5,25H2,1-4H3. The summed E-state index contributed by atoms with van der Waals surface area (Å²) in [6.45, 7) is 8.32. The van der Waals surface area contributed by atoms with E-state index >= 15 is 0 Å². The smallest absolute Gasteiger partial charge is 0.147 e. The first kappa shape index (κ1) is 20.5. The molecule has 1 aromatic heterocycles. The topological polar surface area (TPSA) is 53.1 Å². The number of rotatable bonds is 6. The molecule has 0 spiro atoms. The number of hydrogen-bond acceptors (Lipinski definition) is 3. The fourth-order valence-corrected chi connectivity index (χ4v) is 3.64. The van der Waals surface area contributed by atoms with Crippen molar-refractivity contribution in [3.63, 3.8) is 0 Å². The summed E-state index contributed by atoms with van der Waals surface area (Å²) in [5, 5.41) is 5.07. The Bertz CT molecular complexity index is 984. The number of hydrogen-bond donors (Lipinski definition) is 1. The van der Waals surface area contributed by atoms with Crippen molar-refractivity contribution < 1.29 is 9.13 Å². The molecule has 2 unspecified atom stereocenters. The first-order chi connectivity index (χ1) is 13.3.